The second-order valence-electron chi connectivity index (χ2n) is 5.03. The van der Waals surface area contributed by atoms with E-state index in [1.165, 1.54) is 0 Å². The SMILES string of the molecule is Cc1cc(NC(=O)CCN(CCC(=O)O)C2CC2)no1. The molecule has 20 heavy (non-hydrogen) atoms. The van der Waals surface area contributed by atoms with Crippen LogP contribution in [-0.2, 0) is 9.59 Å². The summed E-state index contributed by atoms with van der Waals surface area (Å²) in [6.07, 6.45) is 2.61. The number of carbonyl (C=O) groups excluding carboxylic acids is 1. The van der Waals surface area contributed by atoms with Crippen molar-refractivity contribution in [3.63, 3.8) is 0 Å². The molecule has 7 heteroatoms. The van der Waals surface area contributed by atoms with Gasteiger partial charge in [0.05, 0.1) is 6.42 Å². The van der Waals surface area contributed by atoms with Gasteiger partial charge in [0.25, 0.3) is 0 Å². The summed E-state index contributed by atoms with van der Waals surface area (Å²) in [6, 6.07) is 2.09. The van der Waals surface area contributed by atoms with Crippen molar-refractivity contribution in [3.8, 4) is 0 Å². The second kappa shape index (κ2) is 6.51. The average molecular weight is 281 g/mol. The number of aliphatic carboxylic acids is 1. The molecule has 0 bridgehead atoms. The van der Waals surface area contributed by atoms with E-state index in [0.717, 1.165) is 12.8 Å². The van der Waals surface area contributed by atoms with Crippen molar-refractivity contribution in [2.75, 3.05) is 18.4 Å². The minimum Gasteiger partial charge on any atom is -0.481 e. The fourth-order valence-corrected chi connectivity index (χ4v) is 2.03. The molecule has 1 aromatic rings. The van der Waals surface area contributed by atoms with Crippen LogP contribution in [0.1, 0.15) is 31.4 Å². The number of hydrogen-bond donors (Lipinski definition) is 2. The lowest BCUT2D eigenvalue weighted by Gasteiger charge is -2.20. The highest BCUT2D eigenvalue weighted by molar-refractivity contribution is 5.89. The quantitative estimate of drug-likeness (QED) is 0.744. The van der Waals surface area contributed by atoms with Crippen molar-refractivity contribution in [3.05, 3.63) is 11.8 Å². The number of amides is 1. The number of aromatic nitrogens is 1. The standard InChI is InChI=1S/C13H19N3O4/c1-9-8-11(15-20-9)14-12(17)4-6-16(10-2-3-10)7-5-13(18)19/h8,10H,2-7H2,1H3,(H,18,19)(H,14,15,17). The summed E-state index contributed by atoms with van der Waals surface area (Å²) >= 11 is 0. The van der Waals surface area contributed by atoms with Crippen molar-refractivity contribution >= 4 is 17.7 Å². The molecule has 1 saturated carbocycles. The molecule has 0 saturated heterocycles. The summed E-state index contributed by atoms with van der Waals surface area (Å²) in [5, 5.41) is 15.1. The molecule has 0 aromatic carbocycles. The number of nitrogens with zero attached hydrogens (tertiary/aromatic N) is 2. The molecule has 0 radical (unpaired) electrons. The number of aryl methyl sites for hydroxylation is 1. The van der Waals surface area contributed by atoms with Gasteiger partial charge in [-0.1, -0.05) is 5.16 Å². The molecule has 1 amide bonds. The van der Waals surface area contributed by atoms with Crippen LogP contribution in [0.2, 0.25) is 0 Å². The van der Waals surface area contributed by atoms with Gasteiger partial charge in [0.15, 0.2) is 5.82 Å². The van der Waals surface area contributed by atoms with Crippen LogP contribution < -0.4 is 5.32 Å². The summed E-state index contributed by atoms with van der Waals surface area (Å²) in [6.45, 7) is 2.82. The Morgan fingerprint density at radius 2 is 2.15 bits per heavy atom. The summed E-state index contributed by atoms with van der Waals surface area (Å²) in [7, 11) is 0. The molecular weight excluding hydrogens is 262 g/mol. The van der Waals surface area contributed by atoms with Gasteiger partial charge in [-0.2, -0.15) is 0 Å². The van der Waals surface area contributed by atoms with Crippen molar-refractivity contribution in [2.45, 2.75) is 38.6 Å². The molecule has 2 rings (SSSR count). The van der Waals surface area contributed by atoms with Crippen molar-refractivity contribution < 1.29 is 19.2 Å². The molecule has 1 aliphatic rings. The summed E-state index contributed by atoms with van der Waals surface area (Å²) < 4.78 is 4.86. The third-order valence-corrected chi connectivity index (χ3v) is 3.20. The van der Waals surface area contributed by atoms with E-state index in [4.69, 9.17) is 9.63 Å². The van der Waals surface area contributed by atoms with Gasteiger partial charge in [-0.25, -0.2) is 0 Å². The van der Waals surface area contributed by atoms with Gasteiger partial charge in [-0.3, -0.25) is 14.5 Å². The van der Waals surface area contributed by atoms with Crippen LogP contribution in [-0.4, -0.2) is 46.2 Å². The molecule has 2 N–H and O–H groups in total. The van der Waals surface area contributed by atoms with Gasteiger partial charge < -0.3 is 14.9 Å². The summed E-state index contributed by atoms with van der Waals surface area (Å²) in [5.41, 5.74) is 0. The zero-order valence-corrected chi connectivity index (χ0v) is 11.5. The number of hydrogen-bond acceptors (Lipinski definition) is 5. The molecule has 0 spiro atoms. The number of anilines is 1. The third kappa shape index (κ3) is 4.65. The lowest BCUT2D eigenvalue weighted by molar-refractivity contribution is -0.137. The van der Waals surface area contributed by atoms with Crippen molar-refractivity contribution in [1.29, 1.82) is 0 Å². The van der Waals surface area contributed by atoms with E-state index in [1.807, 2.05) is 0 Å². The topological polar surface area (TPSA) is 95.7 Å². The van der Waals surface area contributed by atoms with Crippen LogP contribution in [0.5, 0.6) is 0 Å². The molecule has 0 aliphatic heterocycles. The fraction of sp³-hybridized carbons (Fsp3) is 0.615. The fourth-order valence-electron chi connectivity index (χ4n) is 2.03. The van der Waals surface area contributed by atoms with E-state index in [1.54, 1.807) is 13.0 Å². The summed E-state index contributed by atoms with van der Waals surface area (Å²) in [4.78, 5) is 24.4. The first-order valence-electron chi connectivity index (χ1n) is 6.73. The van der Waals surface area contributed by atoms with E-state index in [2.05, 4.69) is 15.4 Å². The lowest BCUT2D eigenvalue weighted by Crippen LogP contribution is -2.32. The predicted octanol–water partition coefficient (Wildman–Crippen LogP) is 1.25. The molecule has 1 fully saturated rings. The van der Waals surface area contributed by atoms with Gasteiger partial charge in [0, 0.05) is 31.6 Å². The first-order chi connectivity index (χ1) is 9.54. The molecule has 1 aliphatic carbocycles. The number of rotatable bonds is 8. The first-order valence-corrected chi connectivity index (χ1v) is 6.73. The Morgan fingerprint density at radius 3 is 2.70 bits per heavy atom. The van der Waals surface area contributed by atoms with Crippen LogP contribution in [0.3, 0.4) is 0 Å². The Labute approximate surface area is 116 Å². The number of carboxylic acids is 1. The van der Waals surface area contributed by atoms with Crippen molar-refractivity contribution in [1.82, 2.24) is 10.1 Å². The van der Waals surface area contributed by atoms with Gasteiger partial charge in [-0.05, 0) is 19.8 Å². The van der Waals surface area contributed by atoms with Gasteiger partial charge in [-0.15, -0.1) is 0 Å². The minimum absolute atomic E-state index is 0.112. The smallest absolute Gasteiger partial charge is 0.304 e. The average Bonchev–Trinajstić information content (AvgIpc) is 3.13. The molecule has 1 aromatic heterocycles. The summed E-state index contributed by atoms with van der Waals surface area (Å²) in [5.74, 6) is 0.106. The highest BCUT2D eigenvalue weighted by Gasteiger charge is 2.29. The van der Waals surface area contributed by atoms with Crippen LogP contribution in [0.4, 0.5) is 5.82 Å². The zero-order valence-electron chi connectivity index (χ0n) is 11.5. The Morgan fingerprint density at radius 1 is 1.45 bits per heavy atom. The van der Waals surface area contributed by atoms with Gasteiger partial charge in [0.1, 0.15) is 5.76 Å². The van der Waals surface area contributed by atoms with Gasteiger partial charge in [0.2, 0.25) is 5.91 Å². The van der Waals surface area contributed by atoms with E-state index >= 15 is 0 Å². The monoisotopic (exact) mass is 281 g/mol. The highest BCUT2D eigenvalue weighted by atomic mass is 16.5. The minimum atomic E-state index is -0.807. The molecule has 110 valence electrons. The van der Waals surface area contributed by atoms with E-state index in [-0.39, 0.29) is 12.3 Å². The largest absolute Gasteiger partial charge is 0.481 e. The normalized spacial score (nSPS) is 14.5. The van der Waals surface area contributed by atoms with Crippen LogP contribution in [0.25, 0.3) is 0 Å². The Balaban J connectivity index is 1.74. The van der Waals surface area contributed by atoms with Crippen molar-refractivity contribution in [2.24, 2.45) is 0 Å². The van der Waals surface area contributed by atoms with Crippen LogP contribution in [0, 0.1) is 6.92 Å². The Hall–Kier alpha value is -1.89. The number of nitrogens with one attached hydrogen (secondary N) is 1. The Bertz CT molecular complexity index is 482. The number of carboxylic acid groups (broad SMARTS) is 1. The molecule has 0 atom stereocenters. The maximum Gasteiger partial charge on any atom is 0.304 e. The van der Waals surface area contributed by atoms with Crippen LogP contribution >= 0.6 is 0 Å². The molecule has 7 nitrogen and oxygen atoms in total. The van der Waals surface area contributed by atoms with Crippen LogP contribution in [0.15, 0.2) is 10.6 Å². The van der Waals surface area contributed by atoms with E-state index < -0.39 is 5.97 Å². The second-order valence-corrected chi connectivity index (χ2v) is 5.03. The maximum atomic E-state index is 11.8. The number of carbonyl (C=O) groups is 2. The predicted molar refractivity (Wildman–Crippen MR) is 71.3 cm³/mol. The zero-order chi connectivity index (χ0) is 14.5. The van der Waals surface area contributed by atoms with E-state index in [9.17, 15) is 9.59 Å². The van der Waals surface area contributed by atoms with Gasteiger partial charge >= 0.3 is 5.97 Å². The third-order valence-electron chi connectivity index (χ3n) is 3.20. The first kappa shape index (κ1) is 14.5. The molecular formula is C13H19N3O4. The Kier molecular flexibility index (Phi) is 4.73. The molecule has 0 unspecified atom stereocenters. The highest BCUT2D eigenvalue weighted by Crippen LogP contribution is 2.27. The van der Waals surface area contributed by atoms with E-state index in [0.29, 0.717) is 37.1 Å². The maximum absolute atomic E-state index is 11.8. The molecule has 1 heterocycles. The lowest BCUT2D eigenvalue weighted by atomic mass is 10.3.